The average molecular weight is 605 g/mol. The van der Waals surface area contributed by atoms with Crippen LogP contribution >= 0.6 is 34.8 Å². The standard InChI is InChI=1S/C30H22Cl3NO5.Na/c31-24-4-2-1-3-21(24)18-5-6-19(25(32)13-18)16-34-29(35)17-7-9-20(10-8-17)39-28-15-27-23(14-26(28)33)22(30(36)37)11-12-38-27;/h1-10,13-15,22H,11-12,16H2,(H,34,35)(H,36,37);/q;+1/p-1. The molecule has 1 aliphatic rings. The van der Waals surface area contributed by atoms with Crippen molar-refractivity contribution in [3.8, 4) is 28.4 Å². The molecule has 6 nitrogen and oxygen atoms in total. The number of hydrogen-bond donors (Lipinski definition) is 1. The first kappa shape index (κ1) is 30.3. The predicted octanol–water partition coefficient (Wildman–Crippen LogP) is 3.66. The molecule has 0 aromatic heterocycles. The van der Waals surface area contributed by atoms with Crippen molar-refractivity contribution in [1.29, 1.82) is 0 Å². The molecule has 0 aliphatic carbocycles. The van der Waals surface area contributed by atoms with Crippen LogP contribution in [0, 0.1) is 0 Å². The number of benzene rings is 4. The Morgan fingerprint density at radius 2 is 1.68 bits per heavy atom. The summed E-state index contributed by atoms with van der Waals surface area (Å²) in [5.41, 5.74) is 3.43. The number of amides is 1. The van der Waals surface area contributed by atoms with Crippen LogP contribution in [0.1, 0.15) is 33.8 Å². The van der Waals surface area contributed by atoms with Gasteiger partial charge < -0.3 is 24.7 Å². The maximum Gasteiger partial charge on any atom is 1.00 e. The number of halogens is 3. The number of carbonyl (C=O) groups is 2. The third-order valence-corrected chi connectivity index (χ3v) is 7.39. The van der Waals surface area contributed by atoms with Crippen LogP contribution in [0.25, 0.3) is 11.1 Å². The van der Waals surface area contributed by atoms with E-state index in [0.29, 0.717) is 44.8 Å². The number of carboxylic acid groups (broad SMARTS) is 1. The SMILES string of the molecule is O=C(NCc1ccc(-c2ccccc2Cl)cc1Cl)c1ccc(Oc2cc3c(cc2Cl)C(C(=O)[O-])CCO3)cc1.[Na+]. The van der Waals surface area contributed by atoms with Crippen LogP contribution in [-0.2, 0) is 11.3 Å². The van der Waals surface area contributed by atoms with E-state index >= 15 is 0 Å². The monoisotopic (exact) mass is 603 g/mol. The van der Waals surface area contributed by atoms with Gasteiger partial charge >= 0.3 is 29.6 Å². The van der Waals surface area contributed by atoms with E-state index in [1.807, 2.05) is 42.5 Å². The quantitative estimate of drug-likeness (QED) is 0.326. The number of fused-ring (bicyclic) bond motifs is 1. The van der Waals surface area contributed by atoms with Gasteiger partial charge in [-0.3, -0.25) is 4.79 Å². The molecular weight excluding hydrogens is 584 g/mol. The van der Waals surface area contributed by atoms with Gasteiger partial charge in [-0.15, -0.1) is 0 Å². The normalized spacial score (nSPS) is 13.8. The summed E-state index contributed by atoms with van der Waals surface area (Å²) in [7, 11) is 0. The van der Waals surface area contributed by atoms with E-state index in [1.165, 1.54) is 6.07 Å². The van der Waals surface area contributed by atoms with Crippen molar-refractivity contribution in [2.75, 3.05) is 6.61 Å². The summed E-state index contributed by atoms with van der Waals surface area (Å²) < 4.78 is 11.5. The third kappa shape index (κ3) is 6.77. The first-order valence-electron chi connectivity index (χ1n) is 12.1. The molecule has 4 aromatic rings. The Labute approximate surface area is 268 Å². The van der Waals surface area contributed by atoms with Gasteiger partial charge in [0.2, 0.25) is 0 Å². The molecule has 0 saturated heterocycles. The molecule has 0 fully saturated rings. The fourth-order valence-corrected chi connectivity index (χ4v) is 5.05. The average Bonchev–Trinajstić information content (AvgIpc) is 2.93. The second kappa shape index (κ2) is 13.3. The van der Waals surface area contributed by atoms with Crippen LogP contribution in [0.3, 0.4) is 0 Å². The van der Waals surface area contributed by atoms with Crippen LogP contribution in [0.15, 0.2) is 78.9 Å². The first-order valence-corrected chi connectivity index (χ1v) is 13.2. The zero-order chi connectivity index (χ0) is 27.5. The van der Waals surface area contributed by atoms with E-state index in [1.54, 1.807) is 30.3 Å². The Hall–Kier alpha value is -2.71. The minimum absolute atomic E-state index is 0. The second-order valence-electron chi connectivity index (χ2n) is 8.92. The molecule has 1 atom stereocenters. The van der Waals surface area contributed by atoms with E-state index in [-0.39, 0.29) is 53.6 Å². The van der Waals surface area contributed by atoms with E-state index in [0.717, 1.165) is 16.7 Å². The van der Waals surface area contributed by atoms with Crippen molar-refractivity contribution in [3.63, 3.8) is 0 Å². The Morgan fingerprint density at radius 3 is 2.38 bits per heavy atom. The van der Waals surface area contributed by atoms with Gasteiger partial charge in [-0.25, -0.2) is 0 Å². The maximum atomic E-state index is 12.7. The fraction of sp³-hybridized carbons (Fsp3) is 0.133. The molecule has 1 N–H and O–H groups in total. The zero-order valence-electron chi connectivity index (χ0n) is 21.4. The summed E-state index contributed by atoms with van der Waals surface area (Å²) in [5.74, 6) is -1.09. The molecule has 1 amide bonds. The number of ether oxygens (including phenoxy) is 2. The molecule has 0 radical (unpaired) electrons. The second-order valence-corrected chi connectivity index (χ2v) is 10.1. The molecule has 5 rings (SSSR count). The van der Waals surface area contributed by atoms with Crippen LogP contribution < -0.4 is 49.5 Å². The van der Waals surface area contributed by atoms with Gasteiger partial charge in [0.15, 0.2) is 0 Å². The molecule has 0 spiro atoms. The van der Waals surface area contributed by atoms with Gasteiger partial charge in [0.1, 0.15) is 17.2 Å². The molecule has 1 heterocycles. The van der Waals surface area contributed by atoms with E-state index < -0.39 is 11.9 Å². The van der Waals surface area contributed by atoms with Crippen LogP contribution in [0.2, 0.25) is 15.1 Å². The van der Waals surface area contributed by atoms with Crippen molar-refractivity contribution >= 4 is 46.7 Å². The molecule has 10 heteroatoms. The van der Waals surface area contributed by atoms with Crippen molar-refractivity contribution in [2.45, 2.75) is 18.9 Å². The molecule has 40 heavy (non-hydrogen) atoms. The number of hydrogen-bond acceptors (Lipinski definition) is 5. The Kier molecular flexibility index (Phi) is 10.1. The van der Waals surface area contributed by atoms with Gasteiger partial charge in [0.05, 0.1) is 11.6 Å². The molecular formula is C30H21Cl3NNaO5. The van der Waals surface area contributed by atoms with Crippen molar-refractivity contribution in [2.24, 2.45) is 0 Å². The molecule has 4 aromatic carbocycles. The number of carboxylic acids is 1. The van der Waals surface area contributed by atoms with Crippen molar-refractivity contribution in [1.82, 2.24) is 5.32 Å². The Bertz CT molecular complexity index is 1560. The predicted molar refractivity (Wildman–Crippen MR) is 149 cm³/mol. The van der Waals surface area contributed by atoms with E-state index in [4.69, 9.17) is 44.3 Å². The van der Waals surface area contributed by atoms with Gasteiger partial charge in [-0.1, -0.05) is 65.1 Å². The summed E-state index contributed by atoms with van der Waals surface area (Å²) in [6.45, 7) is 0.504. The smallest absolute Gasteiger partial charge is 0.549 e. The zero-order valence-corrected chi connectivity index (χ0v) is 25.6. The summed E-state index contributed by atoms with van der Waals surface area (Å²) in [6.07, 6.45) is 0.315. The third-order valence-electron chi connectivity index (χ3n) is 6.41. The van der Waals surface area contributed by atoms with Crippen LogP contribution in [0.5, 0.6) is 17.2 Å². The first-order chi connectivity index (χ1) is 18.8. The maximum absolute atomic E-state index is 12.7. The molecule has 198 valence electrons. The molecule has 0 bridgehead atoms. The topological polar surface area (TPSA) is 87.7 Å². The van der Waals surface area contributed by atoms with Crippen LogP contribution in [0.4, 0.5) is 0 Å². The minimum Gasteiger partial charge on any atom is -0.549 e. The van der Waals surface area contributed by atoms with E-state index in [9.17, 15) is 14.7 Å². The minimum atomic E-state index is -1.17. The van der Waals surface area contributed by atoms with Gasteiger partial charge in [0, 0.05) is 51.2 Å². The number of aliphatic carboxylic acids is 1. The number of carbonyl (C=O) groups excluding carboxylic acids is 2. The summed E-state index contributed by atoms with van der Waals surface area (Å²) in [5, 5.41) is 15.7. The molecule has 1 aliphatic heterocycles. The summed E-state index contributed by atoms with van der Waals surface area (Å²) >= 11 is 19.1. The number of rotatable bonds is 7. The summed E-state index contributed by atoms with van der Waals surface area (Å²) in [4.78, 5) is 24.2. The van der Waals surface area contributed by atoms with Crippen molar-refractivity contribution in [3.05, 3.63) is 111 Å². The number of nitrogens with one attached hydrogen (secondary N) is 1. The van der Waals surface area contributed by atoms with E-state index in [2.05, 4.69) is 5.32 Å². The van der Waals surface area contributed by atoms with Gasteiger partial charge in [0.25, 0.3) is 5.91 Å². The van der Waals surface area contributed by atoms with Gasteiger partial charge in [-0.05, 0) is 60.0 Å². The largest absolute Gasteiger partial charge is 1.00 e. The van der Waals surface area contributed by atoms with Crippen molar-refractivity contribution < 1.29 is 53.7 Å². The Balaban J connectivity index is 0.00000370. The molecule has 0 saturated carbocycles. The van der Waals surface area contributed by atoms with Crippen LogP contribution in [-0.4, -0.2) is 18.5 Å². The summed E-state index contributed by atoms with van der Waals surface area (Å²) in [6, 6.07) is 22.7. The molecule has 1 unspecified atom stereocenters. The Morgan fingerprint density at radius 1 is 0.925 bits per heavy atom. The van der Waals surface area contributed by atoms with Gasteiger partial charge in [-0.2, -0.15) is 0 Å². The fourth-order valence-electron chi connectivity index (χ4n) is 4.35.